The highest BCUT2D eigenvalue weighted by molar-refractivity contribution is 5.86. The monoisotopic (exact) mass is 296 g/mol. The van der Waals surface area contributed by atoms with E-state index in [-0.39, 0.29) is 24.3 Å². The van der Waals surface area contributed by atoms with Crippen LogP contribution in [0.15, 0.2) is 0 Å². The molecule has 3 fully saturated rings. The Bertz CT molecular complexity index is 441. The van der Waals surface area contributed by atoms with Gasteiger partial charge < -0.3 is 20.5 Å². The van der Waals surface area contributed by atoms with E-state index >= 15 is 0 Å². The standard InChI is InChI=1S/C15H24N2O4/c1-9-3-2-6-15(8-9,13(18)19)17-14(20)16-11-7-10-4-5-12(11)21-10/h9-12H,2-8H2,1H3,(H,18,19)(H2,16,17,20). The van der Waals surface area contributed by atoms with Crippen LogP contribution in [-0.4, -0.2) is 40.9 Å². The zero-order valence-electron chi connectivity index (χ0n) is 12.4. The molecule has 0 aromatic heterocycles. The van der Waals surface area contributed by atoms with Crippen molar-refractivity contribution in [3.63, 3.8) is 0 Å². The molecule has 0 spiro atoms. The summed E-state index contributed by atoms with van der Waals surface area (Å²) in [7, 11) is 0. The number of hydrogen-bond acceptors (Lipinski definition) is 3. The highest BCUT2D eigenvalue weighted by Crippen LogP contribution is 2.35. The lowest BCUT2D eigenvalue weighted by atomic mass is 9.76. The van der Waals surface area contributed by atoms with Gasteiger partial charge in [0.2, 0.25) is 0 Å². The van der Waals surface area contributed by atoms with Gasteiger partial charge in [0, 0.05) is 0 Å². The van der Waals surface area contributed by atoms with Gasteiger partial charge in [-0.3, -0.25) is 0 Å². The Kier molecular flexibility index (Phi) is 3.82. The fourth-order valence-electron chi connectivity index (χ4n) is 4.12. The van der Waals surface area contributed by atoms with Crippen LogP contribution >= 0.6 is 0 Å². The number of amides is 2. The maximum absolute atomic E-state index is 12.2. The van der Waals surface area contributed by atoms with E-state index in [2.05, 4.69) is 10.6 Å². The van der Waals surface area contributed by atoms with Crippen LogP contribution in [0.2, 0.25) is 0 Å². The summed E-state index contributed by atoms with van der Waals surface area (Å²) in [4.78, 5) is 23.9. The average Bonchev–Trinajstić information content (AvgIpc) is 3.00. The van der Waals surface area contributed by atoms with E-state index in [4.69, 9.17) is 4.74 Å². The third-order valence-electron chi connectivity index (χ3n) is 5.18. The Hall–Kier alpha value is -1.30. The van der Waals surface area contributed by atoms with Crippen molar-refractivity contribution >= 4 is 12.0 Å². The summed E-state index contributed by atoms with van der Waals surface area (Å²) >= 11 is 0. The van der Waals surface area contributed by atoms with E-state index in [0.717, 1.165) is 32.1 Å². The quantitative estimate of drug-likeness (QED) is 0.739. The number of ether oxygens (including phenoxy) is 1. The molecule has 3 rings (SSSR count). The van der Waals surface area contributed by atoms with Crippen molar-refractivity contribution in [2.24, 2.45) is 5.92 Å². The van der Waals surface area contributed by atoms with Gasteiger partial charge in [-0.15, -0.1) is 0 Å². The van der Waals surface area contributed by atoms with Crippen molar-refractivity contribution in [2.75, 3.05) is 0 Å². The Morgan fingerprint density at radius 2 is 2.10 bits per heavy atom. The SMILES string of the molecule is CC1CCCC(NC(=O)NC2CC3CCC2O3)(C(=O)O)C1. The lowest BCUT2D eigenvalue weighted by Gasteiger charge is -2.37. The molecule has 1 aliphatic carbocycles. The molecule has 2 bridgehead atoms. The van der Waals surface area contributed by atoms with Crippen molar-refractivity contribution in [3.8, 4) is 0 Å². The Morgan fingerprint density at radius 1 is 1.29 bits per heavy atom. The van der Waals surface area contributed by atoms with Gasteiger partial charge >= 0.3 is 12.0 Å². The molecule has 21 heavy (non-hydrogen) atoms. The molecule has 2 amide bonds. The minimum Gasteiger partial charge on any atom is -0.480 e. The van der Waals surface area contributed by atoms with E-state index in [1.165, 1.54) is 0 Å². The van der Waals surface area contributed by atoms with Crippen LogP contribution in [0.25, 0.3) is 0 Å². The van der Waals surface area contributed by atoms with Gasteiger partial charge in [-0.2, -0.15) is 0 Å². The fraction of sp³-hybridized carbons (Fsp3) is 0.867. The number of carboxylic acids is 1. The molecule has 3 N–H and O–H groups in total. The second kappa shape index (κ2) is 5.48. The zero-order chi connectivity index (χ0) is 15.0. The van der Waals surface area contributed by atoms with Crippen LogP contribution in [0, 0.1) is 5.92 Å². The molecule has 5 unspecified atom stereocenters. The normalized spacial score (nSPS) is 41.8. The maximum atomic E-state index is 12.2. The van der Waals surface area contributed by atoms with Crippen LogP contribution in [0.5, 0.6) is 0 Å². The van der Waals surface area contributed by atoms with Crippen LogP contribution in [0.1, 0.15) is 51.9 Å². The highest BCUT2D eigenvalue weighted by Gasteiger charge is 2.45. The summed E-state index contributed by atoms with van der Waals surface area (Å²) in [6, 6.07) is -0.344. The largest absolute Gasteiger partial charge is 0.480 e. The zero-order valence-corrected chi connectivity index (χ0v) is 12.4. The summed E-state index contributed by atoms with van der Waals surface area (Å²) in [6.07, 6.45) is 6.14. The van der Waals surface area contributed by atoms with Crippen LogP contribution in [-0.2, 0) is 9.53 Å². The van der Waals surface area contributed by atoms with E-state index in [1.807, 2.05) is 6.92 Å². The minimum atomic E-state index is -1.11. The van der Waals surface area contributed by atoms with Crippen molar-refractivity contribution in [2.45, 2.75) is 75.7 Å². The third-order valence-corrected chi connectivity index (χ3v) is 5.18. The van der Waals surface area contributed by atoms with E-state index in [9.17, 15) is 14.7 Å². The number of hydrogen-bond donors (Lipinski definition) is 3. The number of urea groups is 1. The van der Waals surface area contributed by atoms with E-state index in [1.54, 1.807) is 0 Å². The number of nitrogens with one attached hydrogen (secondary N) is 2. The highest BCUT2D eigenvalue weighted by atomic mass is 16.5. The number of fused-ring (bicyclic) bond motifs is 2. The average molecular weight is 296 g/mol. The van der Waals surface area contributed by atoms with Crippen LogP contribution < -0.4 is 10.6 Å². The van der Waals surface area contributed by atoms with Crippen LogP contribution in [0.3, 0.4) is 0 Å². The molecule has 5 atom stereocenters. The number of aliphatic carboxylic acids is 1. The summed E-state index contributed by atoms with van der Waals surface area (Å²) in [5, 5.41) is 15.2. The van der Waals surface area contributed by atoms with Gasteiger partial charge in [-0.05, 0) is 38.0 Å². The molecule has 2 saturated heterocycles. The second-order valence-corrected chi connectivity index (χ2v) is 6.90. The van der Waals surface area contributed by atoms with Gasteiger partial charge in [0.05, 0.1) is 18.2 Å². The van der Waals surface area contributed by atoms with Gasteiger partial charge in [-0.1, -0.05) is 19.8 Å². The predicted molar refractivity (Wildman–Crippen MR) is 76.0 cm³/mol. The third kappa shape index (κ3) is 2.86. The predicted octanol–water partition coefficient (Wildman–Crippen LogP) is 1.64. The van der Waals surface area contributed by atoms with Gasteiger partial charge in [0.15, 0.2) is 0 Å². The molecule has 0 radical (unpaired) electrons. The summed E-state index contributed by atoms with van der Waals surface area (Å²) < 4.78 is 5.71. The van der Waals surface area contributed by atoms with Crippen molar-refractivity contribution in [3.05, 3.63) is 0 Å². The minimum absolute atomic E-state index is 0.0237. The molecule has 6 heteroatoms. The lowest BCUT2D eigenvalue weighted by molar-refractivity contribution is -0.146. The van der Waals surface area contributed by atoms with E-state index in [0.29, 0.717) is 18.8 Å². The first-order valence-corrected chi connectivity index (χ1v) is 7.96. The molecule has 2 heterocycles. The van der Waals surface area contributed by atoms with E-state index < -0.39 is 11.5 Å². The Balaban J connectivity index is 1.60. The summed E-state index contributed by atoms with van der Waals surface area (Å²) in [6.45, 7) is 2.04. The molecular weight excluding hydrogens is 272 g/mol. The smallest absolute Gasteiger partial charge is 0.329 e. The van der Waals surface area contributed by atoms with Gasteiger partial charge in [-0.25, -0.2) is 9.59 Å². The second-order valence-electron chi connectivity index (χ2n) is 6.90. The molecule has 1 saturated carbocycles. The maximum Gasteiger partial charge on any atom is 0.329 e. The first-order chi connectivity index (χ1) is 9.98. The van der Waals surface area contributed by atoms with Crippen molar-refractivity contribution in [1.82, 2.24) is 10.6 Å². The first-order valence-electron chi connectivity index (χ1n) is 7.96. The molecule has 3 aliphatic rings. The Morgan fingerprint density at radius 3 is 2.67 bits per heavy atom. The lowest BCUT2D eigenvalue weighted by Crippen LogP contribution is -2.60. The molecule has 2 aliphatic heterocycles. The molecular formula is C15H24N2O4. The molecule has 0 aromatic carbocycles. The van der Waals surface area contributed by atoms with Crippen molar-refractivity contribution in [1.29, 1.82) is 0 Å². The van der Waals surface area contributed by atoms with Crippen molar-refractivity contribution < 1.29 is 19.4 Å². The Labute approximate surface area is 124 Å². The number of carboxylic acid groups (broad SMARTS) is 1. The number of carbonyl (C=O) groups excluding carboxylic acids is 1. The molecule has 118 valence electrons. The number of rotatable bonds is 3. The molecule has 0 aromatic rings. The van der Waals surface area contributed by atoms with Gasteiger partial charge in [0.1, 0.15) is 5.54 Å². The fourth-order valence-corrected chi connectivity index (χ4v) is 4.12. The number of carbonyl (C=O) groups is 2. The first kappa shape index (κ1) is 14.6. The summed E-state index contributed by atoms with van der Waals surface area (Å²) in [5.41, 5.74) is -1.11. The topological polar surface area (TPSA) is 87.7 Å². The van der Waals surface area contributed by atoms with Crippen LogP contribution in [0.4, 0.5) is 4.79 Å². The summed E-state index contributed by atoms with van der Waals surface area (Å²) in [5.74, 6) is -0.602. The molecule has 6 nitrogen and oxygen atoms in total. The van der Waals surface area contributed by atoms with Gasteiger partial charge in [0.25, 0.3) is 0 Å².